The van der Waals surface area contributed by atoms with Gasteiger partial charge >= 0.3 is 0 Å². The smallest absolute Gasteiger partial charge is 0.243 e. The zero-order valence-corrected chi connectivity index (χ0v) is 18.2. The van der Waals surface area contributed by atoms with Gasteiger partial charge in [0, 0.05) is 24.8 Å². The van der Waals surface area contributed by atoms with Crippen LogP contribution in [0.15, 0.2) is 41.8 Å². The Balaban J connectivity index is 1.38. The lowest BCUT2D eigenvalue weighted by Gasteiger charge is -2.34. The van der Waals surface area contributed by atoms with Crippen LogP contribution >= 0.6 is 23.6 Å². The Hall–Kier alpha value is -2.96. The molecule has 9 heteroatoms. The van der Waals surface area contributed by atoms with Crippen LogP contribution in [0, 0.1) is 16.1 Å². The Kier molecular flexibility index (Phi) is 5.97. The van der Waals surface area contributed by atoms with Crippen molar-refractivity contribution < 1.29 is 4.79 Å². The van der Waals surface area contributed by atoms with Crippen LogP contribution in [-0.2, 0) is 4.79 Å². The third-order valence-corrected chi connectivity index (χ3v) is 6.57. The lowest BCUT2D eigenvalue weighted by Crippen LogP contribution is -2.46. The fraction of sp³-hybridized carbons (Fsp3) is 0.333. The van der Waals surface area contributed by atoms with Crippen LogP contribution in [-0.4, -0.2) is 39.8 Å². The predicted octanol–water partition coefficient (Wildman–Crippen LogP) is 3.89. The van der Waals surface area contributed by atoms with Gasteiger partial charge in [-0.15, -0.1) is 11.3 Å². The van der Waals surface area contributed by atoms with Crippen molar-refractivity contribution in [3.05, 3.63) is 52.1 Å². The van der Waals surface area contributed by atoms with Crippen molar-refractivity contribution in [1.82, 2.24) is 20.1 Å². The molecule has 0 saturated carbocycles. The fourth-order valence-corrected chi connectivity index (χ4v) is 4.71. The average molecular weight is 439 g/mol. The van der Waals surface area contributed by atoms with Crippen LogP contribution < -0.4 is 10.2 Å². The number of hydrogen-bond donors (Lipinski definition) is 2. The minimum absolute atomic E-state index is 0.0536. The van der Waals surface area contributed by atoms with Crippen LogP contribution in [0.2, 0.25) is 0 Å². The summed E-state index contributed by atoms with van der Waals surface area (Å²) in [6, 6.07) is 13.4. The number of nitrogens with one attached hydrogen (secondary N) is 2. The molecule has 1 amide bonds. The molecule has 1 saturated heterocycles. The molecule has 0 spiro atoms. The third kappa shape index (κ3) is 4.15. The molecule has 7 nitrogen and oxygen atoms in total. The zero-order chi connectivity index (χ0) is 21.1. The number of carbonyl (C=O) groups excluding carboxylic acids is 1. The third-order valence-electron chi connectivity index (χ3n) is 5.42. The van der Waals surface area contributed by atoms with E-state index >= 15 is 0 Å². The van der Waals surface area contributed by atoms with E-state index in [0.29, 0.717) is 16.2 Å². The Bertz CT molecular complexity index is 1100. The highest BCUT2D eigenvalue weighted by atomic mass is 32.1. The van der Waals surface area contributed by atoms with Crippen molar-refractivity contribution >= 4 is 35.1 Å². The number of carbonyl (C=O) groups is 1. The van der Waals surface area contributed by atoms with E-state index in [-0.39, 0.29) is 11.9 Å². The molecule has 3 aromatic rings. The molecule has 1 unspecified atom stereocenters. The maximum absolute atomic E-state index is 12.9. The number of rotatable bonds is 5. The Morgan fingerprint density at radius 2 is 2.07 bits per heavy atom. The normalized spacial score (nSPS) is 15.5. The van der Waals surface area contributed by atoms with Gasteiger partial charge in [-0.2, -0.15) is 10.4 Å². The Morgan fingerprint density at radius 3 is 2.70 bits per heavy atom. The number of H-pyrrole nitrogens is 1. The first-order valence-corrected chi connectivity index (χ1v) is 11.1. The molecule has 1 fully saturated rings. The van der Waals surface area contributed by atoms with E-state index in [1.807, 2.05) is 48.7 Å². The number of amides is 1. The van der Waals surface area contributed by atoms with Crippen LogP contribution in [0.4, 0.5) is 5.69 Å². The first-order chi connectivity index (χ1) is 14.6. The highest BCUT2D eigenvalue weighted by molar-refractivity contribution is 7.71. The van der Waals surface area contributed by atoms with E-state index in [9.17, 15) is 4.79 Å². The van der Waals surface area contributed by atoms with Gasteiger partial charge in [0.2, 0.25) is 5.91 Å². The molecular formula is C21H22N6OS2. The standard InChI is InChI=1S/C21H22N6OS2/c1-14(27-19(24-25-21(27)29)18-3-2-12-30-18)20(28)23-16-8-10-26(11-9-16)17-6-4-15(13-22)5-7-17/h2-7,12,14,16H,8-11H2,1H3,(H,23,28)(H,25,29). The molecular weight excluding hydrogens is 416 g/mol. The molecule has 3 heterocycles. The number of hydrogen-bond acceptors (Lipinski definition) is 6. The van der Waals surface area contributed by atoms with Crippen molar-refractivity contribution in [2.24, 2.45) is 0 Å². The molecule has 1 atom stereocenters. The Morgan fingerprint density at radius 1 is 1.33 bits per heavy atom. The van der Waals surface area contributed by atoms with Crippen molar-refractivity contribution in [2.75, 3.05) is 18.0 Å². The van der Waals surface area contributed by atoms with E-state index in [1.54, 1.807) is 15.9 Å². The molecule has 1 aromatic carbocycles. The van der Waals surface area contributed by atoms with Gasteiger partial charge in [-0.05, 0) is 67.7 Å². The first kappa shape index (κ1) is 20.3. The van der Waals surface area contributed by atoms with E-state index in [1.165, 1.54) is 0 Å². The highest BCUT2D eigenvalue weighted by Gasteiger charge is 2.26. The lowest BCUT2D eigenvalue weighted by molar-refractivity contribution is -0.124. The number of nitriles is 1. The van der Waals surface area contributed by atoms with Crippen LogP contribution in [0.1, 0.15) is 31.4 Å². The summed E-state index contributed by atoms with van der Waals surface area (Å²) in [7, 11) is 0. The number of aromatic amines is 1. The van der Waals surface area contributed by atoms with Gasteiger partial charge in [0.1, 0.15) is 6.04 Å². The van der Waals surface area contributed by atoms with Crippen molar-refractivity contribution in [1.29, 1.82) is 5.26 Å². The second kappa shape index (κ2) is 8.81. The number of nitrogens with zero attached hydrogens (tertiary/aromatic N) is 4. The summed E-state index contributed by atoms with van der Waals surface area (Å²) in [6.45, 7) is 3.57. The summed E-state index contributed by atoms with van der Waals surface area (Å²) in [5.41, 5.74) is 1.77. The molecule has 2 aromatic heterocycles. The van der Waals surface area contributed by atoms with Gasteiger partial charge in [-0.3, -0.25) is 14.5 Å². The maximum atomic E-state index is 12.9. The fourth-order valence-electron chi connectivity index (χ4n) is 3.71. The van der Waals surface area contributed by atoms with E-state index in [2.05, 4.69) is 26.5 Å². The molecule has 4 rings (SSSR count). The number of benzene rings is 1. The summed E-state index contributed by atoms with van der Waals surface area (Å²) < 4.78 is 2.22. The number of anilines is 1. The minimum Gasteiger partial charge on any atom is -0.371 e. The summed E-state index contributed by atoms with van der Waals surface area (Å²) in [5, 5.41) is 21.2. The quantitative estimate of drug-likeness (QED) is 0.590. The van der Waals surface area contributed by atoms with Gasteiger partial charge in [-0.25, -0.2) is 0 Å². The largest absolute Gasteiger partial charge is 0.371 e. The second-order valence-electron chi connectivity index (χ2n) is 7.30. The average Bonchev–Trinajstić information content (AvgIpc) is 3.43. The van der Waals surface area contributed by atoms with Crippen LogP contribution in [0.5, 0.6) is 0 Å². The van der Waals surface area contributed by atoms with Gasteiger partial charge in [0.25, 0.3) is 0 Å². The van der Waals surface area contributed by atoms with Gasteiger partial charge < -0.3 is 10.2 Å². The minimum atomic E-state index is -0.454. The number of aromatic nitrogens is 3. The van der Waals surface area contributed by atoms with Gasteiger partial charge in [0.05, 0.1) is 16.5 Å². The molecule has 2 N–H and O–H groups in total. The van der Waals surface area contributed by atoms with Crippen LogP contribution in [0.25, 0.3) is 10.7 Å². The summed E-state index contributed by atoms with van der Waals surface area (Å²) in [5.74, 6) is 0.635. The molecule has 0 aliphatic carbocycles. The van der Waals surface area contributed by atoms with Crippen molar-refractivity contribution in [2.45, 2.75) is 31.8 Å². The topological polar surface area (TPSA) is 89.7 Å². The highest BCUT2D eigenvalue weighted by Crippen LogP contribution is 2.26. The van der Waals surface area contributed by atoms with Crippen LogP contribution in [0.3, 0.4) is 0 Å². The number of piperidine rings is 1. The molecule has 1 aliphatic heterocycles. The molecule has 30 heavy (non-hydrogen) atoms. The zero-order valence-electron chi connectivity index (χ0n) is 16.5. The first-order valence-electron chi connectivity index (χ1n) is 9.83. The lowest BCUT2D eigenvalue weighted by atomic mass is 10.0. The molecule has 154 valence electrons. The monoisotopic (exact) mass is 438 g/mol. The predicted molar refractivity (Wildman–Crippen MR) is 120 cm³/mol. The summed E-state index contributed by atoms with van der Waals surface area (Å²) in [4.78, 5) is 16.2. The van der Waals surface area contributed by atoms with Crippen molar-refractivity contribution in [3.63, 3.8) is 0 Å². The van der Waals surface area contributed by atoms with E-state index in [4.69, 9.17) is 17.5 Å². The van der Waals surface area contributed by atoms with Gasteiger partial charge in [-0.1, -0.05) is 6.07 Å². The van der Waals surface area contributed by atoms with E-state index in [0.717, 1.165) is 36.5 Å². The summed E-state index contributed by atoms with van der Waals surface area (Å²) >= 11 is 6.94. The van der Waals surface area contributed by atoms with Gasteiger partial charge in [0.15, 0.2) is 10.6 Å². The Labute approximate surface area is 184 Å². The SMILES string of the molecule is CC(C(=O)NC1CCN(c2ccc(C#N)cc2)CC1)n1c(-c2cccs2)n[nH]c1=S. The van der Waals surface area contributed by atoms with E-state index < -0.39 is 6.04 Å². The van der Waals surface area contributed by atoms with Crippen molar-refractivity contribution in [3.8, 4) is 16.8 Å². The number of thiophene rings is 1. The second-order valence-corrected chi connectivity index (χ2v) is 8.64. The molecule has 0 radical (unpaired) electrons. The summed E-state index contributed by atoms with van der Waals surface area (Å²) in [6.07, 6.45) is 1.74. The molecule has 0 bridgehead atoms. The molecule has 1 aliphatic rings. The maximum Gasteiger partial charge on any atom is 0.243 e.